The fraction of sp³-hybridized carbons (Fsp3) is 0.0526. The summed E-state index contributed by atoms with van der Waals surface area (Å²) in [5, 5.41) is 9.65. The van der Waals surface area contributed by atoms with Crippen molar-refractivity contribution in [2.24, 2.45) is 7.05 Å². The molecule has 3 heterocycles. The fourth-order valence-corrected chi connectivity index (χ4v) is 3.39. The maximum atomic E-state index is 12.3. The average Bonchev–Trinajstić information content (AvgIpc) is 3.29. The molecule has 3 aromatic heterocycles. The Morgan fingerprint density at radius 1 is 1.12 bits per heavy atom. The molecule has 1 N–H and O–H groups in total. The van der Waals surface area contributed by atoms with E-state index < -0.39 is 0 Å². The van der Waals surface area contributed by atoms with Crippen molar-refractivity contribution in [3.05, 3.63) is 72.0 Å². The van der Waals surface area contributed by atoms with Gasteiger partial charge in [-0.15, -0.1) is 11.3 Å². The van der Waals surface area contributed by atoms with E-state index in [1.54, 1.807) is 24.5 Å². The Kier molecular flexibility index (Phi) is 4.28. The van der Waals surface area contributed by atoms with Gasteiger partial charge in [0, 0.05) is 35.9 Å². The first-order valence-electron chi connectivity index (χ1n) is 7.97. The van der Waals surface area contributed by atoms with Crippen LogP contribution >= 0.6 is 11.3 Å². The van der Waals surface area contributed by atoms with Crippen LogP contribution < -0.4 is 5.32 Å². The Morgan fingerprint density at radius 2 is 1.96 bits per heavy atom. The standard InChI is InChI=1S/C19H15N5OS/c1-24-17(13-6-3-2-4-7-13)15(11-21-24)16-12-26-19(22-16)23-18(25)14-8-5-9-20-10-14/h2-12H,1H3,(H,22,23,25). The molecule has 0 aliphatic carbocycles. The lowest BCUT2D eigenvalue weighted by Crippen LogP contribution is -2.11. The minimum absolute atomic E-state index is 0.228. The minimum Gasteiger partial charge on any atom is -0.298 e. The highest BCUT2D eigenvalue weighted by Crippen LogP contribution is 2.33. The van der Waals surface area contributed by atoms with E-state index in [4.69, 9.17) is 0 Å². The zero-order valence-corrected chi connectivity index (χ0v) is 14.8. The number of thiazole rings is 1. The molecule has 0 spiro atoms. The zero-order chi connectivity index (χ0) is 17.9. The molecule has 128 valence electrons. The third-order valence-corrected chi connectivity index (χ3v) is 4.67. The van der Waals surface area contributed by atoms with E-state index in [0.29, 0.717) is 10.7 Å². The summed E-state index contributed by atoms with van der Waals surface area (Å²) in [6.07, 6.45) is 4.95. The second-order valence-electron chi connectivity index (χ2n) is 5.63. The first-order valence-corrected chi connectivity index (χ1v) is 8.85. The van der Waals surface area contributed by atoms with Crippen LogP contribution in [0.3, 0.4) is 0 Å². The van der Waals surface area contributed by atoms with Crippen molar-refractivity contribution in [1.29, 1.82) is 0 Å². The first-order chi connectivity index (χ1) is 12.7. The van der Waals surface area contributed by atoms with Crippen molar-refractivity contribution >= 4 is 22.4 Å². The van der Waals surface area contributed by atoms with Crippen LogP contribution in [0, 0.1) is 0 Å². The number of carbonyl (C=O) groups excluding carboxylic acids is 1. The maximum Gasteiger partial charge on any atom is 0.259 e. The summed E-state index contributed by atoms with van der Waals surface area (Å²) in [5.74, 6) is -0.228. The molecule has 6 nitrogen and oxygen atoms in total. The number of hydrogen-bond donors (Lipinski definition) is 1. The quantitative estimate of drug-likeness (QED) is 0.599. The van der Waals surface area contributed by atoms with Crippen LogP contribution in [0.25, 0.3) is 22.5 Å². The van der Waals surface area contributed by atoms with Crippen molar-refractivity contribution in [2.75, 3.05) is 5.32 Å². The number of hydrogen-bond acceptors (Lipinski definition) is 5. The topological polar surface area (TPSA) is 72.7 Å². The summed E-state index contributed by atoms with van der Waals surface area (Å²) in [6, 6.07) is 13.5. The highest BCUT2D eigenvalue weighted by Gasteiger charge is 2.16. The lowest BCUT2D eigenvalue weighted by Gasteiger charge is -2.05. The summed E-state index contributed by atoms with van der Waals surface area (Å²) < 4.78 is 1.83. The maximum absolute atomic E-state index is 12.3. The third kappa shape index (κ3) is 3.12. The van der Waals surface area contributed by atoms with Gasteiger partial charge in [0.15, 0.2) is 5.13 Å². The van der Waals surface area contributed by atoms with E-state index in [1.165, 1.54) is 17.5 Å². The van der Waals surface area contributed by atoms with Crippen LogP contribution in [0.4, 0.5) is 5.13 Å². The number of pyridine rings is 1. The SMILES string of the molecule is Cn1ncc(-c2csc(NC(=O)c3cccnc3)n2)c1-c1ccccc1. The number of amides is 1. The predicted molar refractivity (Wildman–Crippen MR) is 102 cm³/mol. The van der Waals surface area contributed by atoms with Gasteiger partial charge in [0.1, 0.15) is 0 Å². The van der Waals surface area contributed by atoms with E-state index in [0.717, 1.165) is 22.5 Å². The van der Waals surface area contributed by atoms with E-state index in [-0.39, 0.29) is 5.91 Å². The number of nitrogens with zero attached hydrogens (tertiary/aromatic N) is 4. The second-order valence-corrected chi connectivity index (χ2v) is 6.49. The Hall–Kier alpha value is -3.32. The molecule has 0 aliphatic heterocycles. The number of benzene rings is 1. The van der Waals surface area contributed by atoms with Crippen LogP contribution in [0.15, 0.2) is 66.4 Å². The van der Waals surface area contributed by atoms with Crippen LogP contribution in [0.2, 0.25) is 0 Å². The molecule has 1 aromatic carbocycles. The van der Waals surface area contributed by atoms with Gasteiger partial charge in [0.2, 0.25) is 0 Å². The van der Waals surface area contributed by atoms with Crippen molar-refractivity contribution in [2.45, 2.75) is 0 Å². The van der Waals surface area contributed by atoms with Gasteiger partial charge >= 0.3 is 0 Å². The Balaban J connectivity index is 1.63. The van der Waals surface area contributed by atoms with Crippen LogP contribution in [-0.4, -0.2) is 25.7 Å². The van der Waals surface area contributed by atoms with E-state index in [1.807, 2.05) is 47.4 Å². The second kappa shape index (κ2) is 6.89. The fourth-order valence-electron chi connectivity index (χ4n) is 2.68. The van der Waals surface area contributed by atoms with E-state index in [9.17, 15) is 4.79 Å². The summed E-state index contributed by atoms with van der Waals surface area (Å²) in [6.45, 7) is 0. The largest absolute Gasteiger partial charge is 0.298 e. The van der Waals surface area contributed by atoms with E-state index in [2.05, 4.69) is 20.4 Å². The van der Waals surface area contributed by atoms with Crippen LogP contribution in [0.1, 0.15) is 10.4 Å². The van der Waals surface area contributed by atoms with Crippen molar-refractivity contribution in [1.82, 2.24) is 19.7 Å². The van der Waals surface area contributed by atoms with Crippen molar-refractivity contribution in [3.8, 4) is 22.5 Å². The lowest BCUT2D eigenvalue weighted by atomic mass is 10.1. The molecule has 0 saturated carbocycles. The van der Waals surface area contributed by atoms with Gasteiger partial charge in [-0.2, -0.15) is 5.10 Å². The zero-order valence-electron chi connectivity index (χ0n) is 14.0. The molecular formula is C19H15N5OS. The highest BCUT2D eigenvalue weighted by molar-refractivity contribution is 7.14. The molecule has 0 fully saturated rings. The van der Waals surface area contributed by atoms with Gasteiger partial charge in [-0.1, -0.05) is 30.3 Å². The number of aryl methyl sites for hydroxylation is 1. The lowest BCUT2D eigenvalue weighted by molar-refractivity contribution is 0.102. The minimum atomic E-state index is -0.228. The van der Waals surface area contributed by atoms with Crippen LogP contribution in [0.5, 0.6) is 0 Å². The molecule has 4 rings (SSSR count). The molecule has 26 heavy (non-hydrogen) atoms. The molecule has 7 heteroatoms. The average molecular weight is 361 g/mol. The monoisotopic (exact) mass is 361 g/mol. The molecule has 0 saturated heterocycles. The Bertz CT molecular complexity index is 1040. The Labute approximate surface area is 154 Å². The number of carbonyl (C=O) groups is 1. The van der Waals surface area contributed by atoms with Gasteiger partial charge in [0.25, 0.3) is 5.91 Å². The number of anilines is 1. The molecule has 0 atom stereocenters. The molecule has 0 unspecified atom stereocenters. The van der Waals surface area contributed by atoms with E-state index >= 15 is 0 Å². The summed E-state index contributed by atoms with van der Waals surface area (Å²) >= 11 is 1.38. The number of nitrogens with one attached hydrogen (secondary N) is 1. The molecule has 0 radical (unpaired) electrons. The van der Waals surface area contributed by atoms with Crippen molar-refractivity contribution < 1.29 is 4.79 Å². The number of aromatic nitrogens is 4. The van der Waals surface area contributed by atoms with Gasteiger partial charge in [-0.05, 0) is 12.1 Å². The van der Waals surface area contributed by atoms with Crippen molar-refractivity contribution in [3.63, 3.8) is 0 Å². The molecule has 0 aliphatic rings. The molecule has 0 bridgehead atoms. The third-order valence-electron chi connectivity index (χ3n) is 3.91. The summed E-state index contributed by atoms with van der Waals surface area (Å²) in [7, 11) is 1.91. The van der Waals surface area contributed by atoms with Gasteiger partial charge in [-0.3, -0.25) is 19.8 Å². The Morgan fingerprint density at radius 3 is 2.73 bits per heavy atom. The predicted octanol–water partition coefficient (Wildman–Crippen LogP) is 3.86. The normalized spacial score (nSPS) is 10.7. The summed E-state index contributed by atoms with van der Waals surface area (Å²) in [5.41, 5.74) is 4.26. The smallest absolute Gasteiger partial charge is 0.259 e. The van der Waals surface area contributed by atoms with Gasteiger partial charge in [-0.25, -0.2) is 4.98 Å². The highest BCUT2D eigenvalue weighted by atomic mass is 32.1. The molecule has 4 aromatic rings. The molecule has 1 amide bonds. The van der Waals surface area contributed by atoms with Gasteiger partial charge < -0.3 is 0 Å². The number of rotatable bonds is 4. The van der Waals surface area contributed by atoms with Crippen LogP contribution in [-0.2, 0) is 7.05 Å². The molecular weight excluding hydrogens is 346 g/mol. The van der Waals surface area contributed by atoms with Gasteiger partial charge in [0.05, 0.1) is 23.1 Å². The first kappa shape index (κ1) is 16.2. The summed E-state index contributed by atoms with van der Waals surface area (Å²) in [4.78, 5) is 20.8.